The molecule has 0 bridgehead atoms. The Kier molecular flexibility index (Phi) is 4.64. The van der Waals surface area contributed by atoms with Gasteiger partial charge in [0.1, 0.15) is 0 Å². The van der Waals surface area contributed by atoms with Gasteiger partial charge in [-0.15, -0.1) is 0 Å². The summed E-state index contributed by atoms with van der Waals surface area (Å²) < 4.78 is 12.1. The molecule has 3 nitrogen and oxygen atoms in total. The Hall–Kier alpha value is -3.42. The fourth-order valence-electron chi connectivity index (χ4n) is 4.72. The summed E-state index contributed by atoms with van der Waals surface area (Å²) in [5.41, 5.74) is 1.56. The van der Waals surface area contributed by atoms with E-state index >= 15 is 0 Å². The van der Waals surface area contributed by atoms with Crippen molar-refractivity contribution in [3.05, 3.63) is 120 Å². The van der Waals surface area contributed by atoms with E-state index in [4.69, 9.17) is 9.26 Å². The number of methoxy groups -OCH3 is 1. The van der Waals surface area contributed by atoms with E-state index in [1.165, 1.54) is 23.0 Å². The molecule has 1 aliphatic heterocycles. The fraction of sp³-hybridized carbons (Fsp3) is 0.0741. The molecule has 1 heterocycles. The van der Waals surface area contributed by atoms with Crippen LogP contribution < -0.4 is 20.4 Å². The van der Waals surface area contributed by atoms with Crippen molar-refractivity contribution in [2.75, 3.05) is 7.11 Å². The molecule has 5 rings (SSSR count). The zero-order valence-corrected chi connectivity index (χ0v) is 18.2. The third-order valence-electron chi connectivity index (χ3n) is 6.16. The van der Waals surface area contributed by atoms with Crippen LogP contribution >= 0.6 is 6.83 Å². The van der Waals surface area contributed by atoms with Crippen LogP contribution in [0.25, 0.3) is 0 Å². The van der Waals surface area contributed by atoms with E-state index in [2.05, 4.69) is 72.8 Å². The molecule has 0 aromatic heterocycles. The van der Waals surface area contributed by atoms with Crippen molar-refractivity contribution in [3.8, 4) is 5.75 Å². The van der Waals surface area contributed by atoms with E-state index in [9.17, 15) is 4.79 Å². The van der Waals surface area contributed by atoms with Crippen LogP contribution in [0.2, 0.25) is 0 Å². The summed E-state index contributed by atoms with van der Waals surface area (Å²) >= 11 is 0. The molecular formula is C27H23O3P. The van der Waals surface area contributed by atoms with Crippen LogP contribution in [0, 0.1) is 0 Å². The van der Waals surface area contributed by atoms with Crippen LogP contribution in [0.5, 0.6) is 5.75 Å². The molecule has 0 radical (unpaired) electrons. The third-order valence-corrected chi connectivity index (χ3v) is 11.9. The summed E-state index contributed by atoms with van der Waals surface area (Å²) in [5, 5.41) is 3.50. The number of hydrogen-bond donors (Lipinski definition) is 0. The monoisotopic (exact) mass is 426 g/mol. The van der Waals surface area contributed by atoms with Gasteiger partial charge in [-0.3, -0.25) is 0 Å². The quantitative estimate of drug-likeness (QED) is 0.347. The summed E-state index contributed by atoms with van der Waals surface area (Å²) in [5.74, 6) is 0.482. The van der Waals surface area contributed by atoms with Gasteiger partial charge in [0.2, 0.25) is 0 Å². The molecule has 0 amide bonds. The van der Waals surface area contributed by atoms with Gasteiger partial charge < -0.3 is 0 Å². The minimum absolute atomic E-state index is 0.339. The topological polar surface area (TPSA) is 35.5 Å². The maximum atomic E-state index is 12.2. The second kappa shape index (κ2) is 7.37. The van der Waals surface area contributed by atoms with E-state index in [1.807, 2.05) is 30.3 Å². The standard InChI is InChI=1S/C27H23O3P/c1-29-27(28)21-17-18-26-22(19-21)20-31(30-26,23-11-5-2-6-12-23,24-13-7-3-8-14-24)25-15-9-4-10-16-25/h2-19H,20H2,1H3. The molecule has 0 saturated carbocycles. The Morgan fingerprint density at radius 2 is 1.23 bits per heavy atom. The van der Waals surface area contributed by atoms with Crippen molar-refractivity contribution in [1.29, 1.82) is 0 Å². The predicted octanol–water partition coefficient (Wildman–Crippen LogP) is 4.81. The molecular weight excluding hydrogens is 403 g/mol. The third kappa shape index (κ3) is 2.81. The van der Waals surface area contributed by atoms with Gasteiger partial charge in [-0.05, 0) is 0 Å². The summed E-state index contributed by atoms with van der Waals surface area (Å²) in [6.45, 7) is -3.35. The van der Waals surface area contributed by atoms with E-state index in [0.717, 1.165) is 11.3 Å². The molecule has 0 spiro atoms. The average Bonchev–Trinajstić information content (AvgIpc) is 3.22. The normalized spacial score (nSPS) is 16.9. The van der Waals surface area contributed by atoms with Crippen molar-refractivity contribution in [1.82, 2.24) is 0 Å². The van der Waals surface area contributed by atoms with Crippen molar-refractivity contribution in [2.24, 2.45) is 0 Å². The molecule has 0 N–H and O–H groups in total. The maximum absolute atomic E-state index is 12.2. The minimum atomic E-state index is -3.35. The molecule has 4 aromatic rings. The van der Waals surface area contributed by atoms with Gasteiger partial charge in [0.25, 0.3) is 0 Å². The molecule has 0 unspecified atom stereocenters. The summed E-state index contributed by atoms with van der Waals surface area (Å²) in [4.78, 5) is 12.2. The second-order valence-corrected chi connectivity index (χ2v) is 12.3. The summed E-state index contributed by atoms with van der Waals surface area (Å²) in [7, 11) is 1.41. The zero-order chi connectivity index (χ0) is 21.3. The Bertz CT molecular complexity index is 1140. The number of esters is 1. The van der Waals surface area contributed by atoms with E-state index in [-0.39, 0.29) is 5.97 Å². The fourth-order valence-corrected chi connectivity index (χ4v) is 10.5. The van der Waals surface area contributed by atoms with Crippen molar-refractivity contribution >= 4 is 28.7 Å². The molecule has 4 aromatic carbocycles. The Morgan fingerprint density at radius 3 is 1.68 bits per heavy atom. The number of ether oxygens (including phenoxy) is 1. The molecule has 154 valence electrons. The number of hydrogen-bond acceptors (Lipinski definition) is 3. The van der Waals surface area contributed by atoms with Gasteiger partial charge in [-0.25, -0.2) is 0 Å². The van der Waals surface area contributed by atoms with E-state index < -0.39 is 6.83 Å². The zero-order valence-electron chi connectivity index (χ0n) is 17.3. The first kappa shape index (κ1) is 19.5. The van der Waals surface area contributed by atoms with Gasteiger partial charge >= 0.3 is 182 Å². The van der Waals surface area contributed by atoms with Crippen molar-refractivity contribution in [3.63, 3.8) is 0 Å². The number of fused-ring (bicyclic) bond motifs is 1. The first-order valence-electron chi connectivity index (χ1n) is 10.3. The van der Waals surface area contributed by atoms with Gasteiger partial charge in [-0.2, -0.15) is 0 Å². The molecule has 0 aliphatic carbocycles. The van der Waals surface area contributed by atoms with E-state index in [0.29, 0.717) is 11.7 Å². The van der Waals surface area contributed by atoms with Crippen LogP contribution in [0.4, 0.5) is 0 Å². The number of carbonyl (C=O) groups is 1. The second-order valence-electron chi connectivity index (χ2n) is 7.78. The van der Waals surface area contributed by atoms with E-state index in [1.54, 1.807) is 6.07 Å². The average molecular weight is 426 g/mol. The van der Waals surface area contributed by atoms with Crippen LogP contribution in [-0.2, 0) is 10.9 Å². The van der Waals surface area contributed by atoms with Crippen LogP contribution in [-0.4, -0.2) is 13.1 Å². The van der Waals surface area contributed by atoms with Crippen LogP contribution in [0.15, 0.2) is 109 Å². The van der Waals surface area contributed by atoms with Crippen molar-refractivity contribution in [2.45, 2.75) is 6.16 Å². The predicted molar refractivity (Wildman–Crippen MR) is 127 cm³/mol. The molecule has 1 aliphatic rings. The number of rotatable bonds is 4. The van der Waals surface area contributed by atoms with Gasteiger partial charge in [0.15, 0.2) is 0 Å². The van der Waals surface area contributed by atoms with Gasteiger partial charge in [0, 0.05) is 0 Å². The van der Waals surface area contributed by atoms with Crippen molar-refractivity contribution < 1.29 is 14.1 Å². The number of carbonyl (C=O) groups excluding carboxylic acids is 1. The Balaban J connectivity index is 1.86. The molecule has 0 fully saturated rings. The SMILES string of the molecule is COC(=O)c1ccc2c(c1)CP(c1ccccc1)(c1ccccc1)(c1ccccc1)O2. The van der Waals surface area contributed by atoms with Crippen LogP contribution in [0.1, 0.15) is 15.9 Å². The Morgan fingerprint density at radius 1 is 0.742 bits per heavy atom. The molecule has 31 heavy (non-hydrogen) atoms. The van der Waals surface area contributed by atoms with Crippen LogP contribution in [0.3, 0.4) is 0 Å². The molecule has 0 atom stereocenters. The first-order chi connectivity index (χ1) is 15.2. The van der Waals surface area contributed by atoms with Gasteiger partial charge in [-0.1, -0.05) is 0 Å². The summed E-state index contributed by atoms with van der Waals surface area (Å²) in [6, 6.07) is 37.2. The molecule has 0 saturated heterocycles. The number of benzene rings is 4. The Labute approximate surface area is 182 Å². The first-order valence-corrected chi connectivity index (χ1v) is 12.6. The summed E-state index contributed by atoms with van der Waals surface area (Å²) in [6.07, 6.45) is 0.684. The van der Waals surface area contributed by atoms with Gasteiger partial charge in [0.05, 0.1) is 0 Å². The molecule has 4 heteroatoms.